The highest BCUT2D eigenvalue weighted by Gasteiger charge is 2.46. The first-order valence-corrected chi connectivity index (χ1v) is 22.8. The van der Waals surface area contributed by atoms with E-state index in [0.717, 1.165) is 70.7 Å². The van der Waals surface area contributed by atoms with E-state index in [1.54, 1.807) is 54.2 Å². The van der Waals surface area contributed by atoms with Crippen LogP contribution >= 0.6 is 11.8 Å². The van der Waals surface area contributed by atoms with E-state index in [0.29, 0.717) is 41.0 Å². The number of amides is 5. The second-order valence-electron chi connectivity index (χ2n) is 17.6. The number of para-hydroxylation sites is 1. The fraction of sp³-hybridized carbons (Fsp3) is 0.340. The lowest BCUT2D eigenvalue weighted by atomic mass is 9.70. The van der Waals surface area contributed by atoms with Crippen LogP contribution in [0, 0.1) is 17.2 Å². The molecule has 0 saturated carbocycles. The molecule has 4 aliphatic rings. The Labute approximate surface area is 374 Å². The number of aromatic nitrogens is 1. The molecule has 2 unspecified atom stereocenters. The van der Waals surface area contributed by atoms with E-state index in [1.165, 1.54) is 6.07 Å². The number of anilines is 1. The van der Waals surface area contributed by atoms with Crippen molar-refractivity contribution in [1.82, 2.24) is 20.5 Å². The molecule has 4 heterocycles. The molecule has 64 heavy (non-hydrogen) atoms. The summed E-state index contributed by atoms with van der Waals surface area (Å²) in [6.45, 7) is 8.22. The second-order valence-corrected chi connectivity index (χ2v) is 18.9. The van der Waals surface area contributed by atoms with Crippen molar-refractivity contribution in [2.75, 3.05) is 24.5 Å². The van der Waals surface area contributed by atoms with Gasteiger partial charge in [0.1, 0.15) is 11.8 Å². The first-order chi connectivity index (χ1) is 30.8. The minimum Gasteiger partial charge on any atom is -0.507 e. The van der Waals surface area contributed by atoms with Crippen molar-refractivity contribution in [2.45, 2.75) is 87.3 Å². The number of phenolic OH excluding ortho intramolecular Hbond substituents is 1. The summed E-state index contributed by atoms with van der Waals surface area (Å²) in [5, 5.41) is 25.8. The van der Waals surface area contributed by atoms with E-state index in [-0.39, 0.29) is 58.1 Å². The fourth-order valence-electron chi connectivity index (χ4n) is 10.1. The Hall–Kier alpha value is -6.72. The van der Waals surface area contributed by atoms with Gasteiger partial charge in [-0.15, -0.1) is 11.8 Å². The van der Waals surface area contributed by atoms with Gasteiger partial charge in [-0.05, 0) is 104 Å². The van der Waals surface area contributed by atoms with Crippen LogP contribution in [0.15, 0.2) is 77.7 Å². The number of hydrogen-bond donors (Lipinski definition) is 4. The summed E-state index contributed by atoms with van der Waals surface area (Å²) >= 11 is 1.55. The first kappa shape index (κ1) is 42.6. The molecule has 0 spiro atoms. The molecule has 4 aromatic carbocycles. The predicted molar refractivity (Wildman–Crippen MR) is 242 cm³/mol. The van der Waals surface area contributed by atoms with E-state index >= 15 is 0 Å². The Bertz CT molecular complexity index is 2850. The van der Waals surface area contributed by atoms with Crippen LogP contribution in [0.25, 0.3) is 10.9 Å². The number of nitrogens with one attached hydrogen (secondary N) is 3. The number of benzene rings is 4. The predicted octanol–water partition coefficient (Wildman–Crippen LogP) is 7.17. The lowest BCUT2D eigenvalue weighted by Crippen LogP contribution is -2.54. The van der Waals surface area contributed by atoms with Gasteiger partial charge in [-0.1, -0.05) is 45.0 Å². The van der Waals surface area contributed by atoms with Crippen LogP contribution in [-0.4, -0.2) is 81.2 Å². The molecule has 0 bridgehead atoms. The highest BCUT2D eigenvalue weighted by atomic mass is 32.2. The van der Waals surface area contributed by atoms with Gasteiger partial charge in [0.2, 0.25) is 11.8 Å². The van der Waals surface area contributed by atoms with Gasteiger partial charge < -0.3 is 20.3 Å². The van der Waals surface area contributed by atoms with Gasteiger partial charge in [0.15, 0.2) is 5.78 Å². The molecule has 5 aromatic rings. The number of phenols is 1. The number of nitrogens with zero attached hydrogens (tertiary/aromatic N) is 3. The summed E-state index contributed by atoms with van der Waals surface area (Å²) in [6, 6.07) is 22.4. The molecule has 326 valence electrons. The number of aromatic hydroxyl groups is 1. The number of imide groups is 2. The van der Waals surface area contributed by atoms with E-state index in [1.807, 2.05) is 12.1 Å². The van der Waals surface area contributed by atoms with Gasteiger partial charge in [0.05, 0.1) is 33.9 Å². The summed E-state index contributed by atoms with van der Waals surface area (Å²) in [4.78, 5) is 87.4. The molecule has 0 radical (unpaired) electrons. The molecular formula is C50H48N6O7S. The number of hydrogen-bond acceptors (Lipinski definition) is 10. The number of thioether (sulfide) groups is 1. The molecular weight excluding hydrogens is 829 g/mol. The monoisotopic (exact) mass is 876 g/mol. The maximum absolute atomic E-state index is 14.3. The third-order valence-electron chi connectivity index (χ3n) is 13.5. The van der Waals surface area contributed by atoms with E-state index in [2.05, 4.69) is 59.5 Å². The zero-order valence-corrected chi connectivity index (χ0v) is 36.7. The standard InChI is InChI=1S/C50H48N6O7S/c1-4-28-24-33-34(50(2,3)45-43(44(33)59)30-15-14-27(26-51)23-35(30)53-45)25-37(28)55-21-18-29(19-22-55)39(13-8-20-52-46(60)31-9-5-6-11-38(31)57)64-40-12-7-10-32-42(40)49(63)56(48(32)62)36-16-17-41(58)54-47(36)61/h5-7,9-12,14-15,23-25,29,36,39,53,57H,4,8,13,16-22H2,1-3H3,(H,52,60)(H,54,58,61). The lowest BCUT2D eigenvalue weighted by molar-refractivity contribution is -0.136. The highest BCUT2D eigenvalue weighted by molar-refractivity contribution is 8.00. The summed E-state index contributed by atoms with van der Waals surface area (Å²) in [5.74, 6) is -2.49. The third-order valence-corrected chi connectivity index (χ3v) is 15.0. The molecule has 13 nitrogen and oxygen atoms in total. The lowest BCUT2D eigenvalue weighted by Gasteiger charge is -2.40. The number of aromatic amines is 1. The van der Waals surface area contributed by atoms with Crippen LogP contribution in [0.1, 0.15) is 129 Å². The summed E-state index contributed by atoms with van der Waals surface area (Å²) in [6.07, 6.45) is 3.77. The molecule has 1 aromatic heterocycles. The molecule has 5 amide bonds. The molecule has 2 saturated heterocycles. The SMILES string of the molecule is CCc1cc2c(cc1N1CCC(C(CCCNC(=O)c3ccccc3O)Sc3cccc4c3C(=O)N(C3CCC(=O)NC3=O)C4=O)CC1)C(C)(C)c1[nH]c3cc(C#N)ccc3c1C2=O. The molecule has 14 heteroatoms. The Morgan fingerprint density at radius 3 is 2.47 bits per heavy atom. The number of carbonyl (C=O) groups excluding carboxylic acids is 6. The largest absolute Gasteiger partial charge is 0.507 e. The average Bonchev–Trinajstić information content (AvgIpc) is 3.81. The fourth-order valence-corrected chi connectivity index (χ4v) is 11.6. The number of H-pyrrole nitrogens is 1. The van der Waals surface area contributed by atoms with Crippen molar-refractivity contribution in [1.29, 1.82) is 5.26 Å². The van der Waals surface area contributed by atoms with Crippen LogP contribution in [0.3, 0.4) is 0 Å². The van der Waals surface area contributed by atoms with Crippen LogP contribution in [-0.2, 0) is 21.4 Å². The average molecular weight is 877 g/mol. The summed E-state index contributed by atoms with van der Waals surface area (Å²) < 4.78 is 0. The highest BCUT2D eigenvalue weighted by Crippen LogP contribution is 2.47. The number of piperidine rings is 2. The van der Waals surface area contributed by atoms with Crippen molar-refractivity contribution in [3.05, 3.63) is 123 Å². The normalized spacial score (nSPS) is 18.7. The Balaban J connectivity index is 0.969. The quantitative estimate of drug-likeness (QED) is 0.0601. The van der Waals surface area contributed by atoms with E-state index in [4.69, 9.17) is 0 Å². The van der Waals surface area contributed by atoms with E-state index < -0.39 is 35.1 Å². The zero-order valence-electron chi connectivity index (χ0n) is 35.9. The summed E-state index contributed by atoms with van der Waals surface area (Å²) in [5.41, 5.74) is 6.80. The zero-order chi connectivity index (χ0) is 45.0. The Morgan fingerprint density at radius 2 is 1.73 bits per heavy atom. The summed E-state index contributed by atoms with van der Waals surface area (Å²) in [7, 11) is 0. The van der Waals surface area contributed by atoms with Crippen molar-refractivity contribution in [2.24, 2.45) is 5.92 Å². The van der Waals surface area contributed by atoms with Crippen molar-refractivity contribution in [3.8, 4) is 11.8 Å². The second kappa shape index (κ2) is 16.8. The smallest absolute Gasteiger partial charge is 0.263 e. The van der Waals surface area contributed by atoms with Crippen LogP contribution < -0.4 is 15.5 Å². The van der Waals surface area contributed by atoms with Crippen molar-refractivity contribution < 1.29 is 33.9 Å². The molecule has 3 aliphatic heterocycles. The Morgan fingerprint density at radius 1 is 0.953 bits per heavy atom. The van der Waals surface area contributed by atoms with E-state index in [9.17, 15) is 39.1 Å². The van der Waals surface area contributed by atoms with Gasteiger partial charge in [0.25, 0.3) is 17.7 Å². The van der Waals surface area contributed by atoms with Gasteiger partial charge in [-0.3, -0.25) is 39.0 Å². The number of nitriles is 1. The number of ketones is 1. The topological polar surface area (TPSA) is 193 Å². The van der Waals surface area contributed by atoms with Crippen LogP contribution in [0.2, 0.25) is 0 Å². The minimum atomic E-state index is -1.07. The molecule has 2 fully saturated rings. The number of rotatable bonds is 11. The van der Waals surface area contributed by atoms with Gasteiger partial charge in [0, 0.05) is 69.5 Å². The molecule has 1 aliphatic carbocycles. The van der Waals surface area contributed by atoms with Crippen molar-refractivity contribution in [3.63, 3.8) is 0 Å². The van der Waals surface area contributed by atoms with Gasteiger partial charge >= 0.3 is 0 Å². The minimum absolute atomic E-state index is 0.0176. The first-order valence-electron chi connectivity index (χ1n) is 21.9. The third kappa shape index (κ3) is 7.31. The molecule has 4 N–H and O–H groups in total. The molecule has 9 rings (SSSR count). The molecule has 2 atom stereocenters. The van der Waals surface area contributed by atoms with Crippen molar-refractivity contribution >= 4 is 63.7 Å². The van der Waals surface area contributed by atoms with Crippen LogP contribution in [0.4, 0.5) is 5.69 Å². The Kier molecular flexibility index (Phi) is 11.2. The van der Waals surface area contributed by atoms with Gasteiger partial charge in [-0.25, -0.2) is 0 Å². The van der Waals surface area contributed by atoms with Crippen LogP contribution in [0.5, 0.6) is 5.75 Å². The number of carbonyl (C=O) groups is 6. The maximum Gasteiger partial charge on any atom is 0.263 e. The maximum atomic E-state index is 14.3. The number of aryl methyl sites for hydroxylation is 1. The van der Waals surface area contributed by atoms with Gasteiger partial charge in [-0.2, -0.15) is 5.26 Å². The number of fused-ring (bicyclic) bond motifs is 5.